The third-order valence-corrected chi connectivity index (χ3v) is 2.56. The molecule has 0 aliphatic carbocycles. The van der Waals surface area contributed by atoms with Gasteiger partial charge in [-0.15, -0.1) is 0 Å². The molecule has 0 bridgehead atoms. The van der Waals surface area contributed by atoms with Crippen molar-refractivity contribution in [3.63, 3.8) is 0 Å². The van der Waals surface area contributed by atoms with Crippen molar-refractivity contribution in [3.8, 4) is 0 Å². The van der Waals surface area contributed by atoms with Crippen molar-refractivity contribution in [1.29, 1.82) is 0 Å². The molecule has 14 heavy (non-hydrogen) atoms. The maximum absolute atomic E-state index is 11.4. The minimum Gasteiger partial charge on any atom is -0.462 e. The van der Waals surface area contributed by atoms with Crippen molar-refractivity contribution in [2.75, 3.05) is 11.0 Å². The van der Waals surface area contributed by atoms with Gasteiger partial charge in [0.2, 0.25) is 0 Å². The largest absolute Gasteiger partial charge is 0.462 e. The van der Waals surface area contributed by atoms with Gasteiger partial charge in [-0.3, -0.25) is 0 Å². The minimum absolute atomic E-state index is 0.227. The lowest BCUT2D eigenvalue weighted by Crippen LogP contribution is -2.06. The number of esters is 1. The number of halogens is 1. The first-order chi connectivity index (χ1) is 6.74. The van der Waals surface area contributed by atoms with Crippen LogP contribution < -0.4 is 0 Å². The van der Waals surface area contributed by atoms with Crippen LogP contribution in [-0.2, 0) is 4.74 Å². The van der Waals surface area contributed by atoms with Crippen molar-refractivity contribution in [1.82, 2.24) is 0 Å². The summed E-state index contributed by atoms with van der Waals surface area (Å²) in [4.78, 5) is 11.4. The molecule has 0 saturated carbocycles. The average molecular weight is 304 g/mol. The first kappa shape index (κ1) is 11.5. The van der Waals surface area contributed by atoms with Gasteiger partial charge in [-0.2, -0.15) is 0 Å². The molecule has 0 spiro atoms. The summed E-state index contributed by atoms with van der Waals surface area (Å²) < 4.78 is 6.08. The molecule has 0 unspecified atom stereocenters. The Balaban J connectivity index is 2.48. The Hall–Kier alpha value is -0.580. The smallest absolute Gasteiger partial charge is 0.338 e. The highest BCUT2D eigenvalue weighted by molar-refractivity contribution is 14.1. The fourth-order valence-corrected chi connectivity index (χ4v) is 1.30. The summed E-state index contributed by atoms with van der Waals surface area (Å²) in [5.74, 6) is -0.227. The Labute approximate surface area is 97.8 Å². The zero-order valence-electron chi connectivity index (χ0n) is 8.13. The van der Waals surface area contributed by atoms with E-state index in [0.29, 0.717) is 12.2 Å². The van der Waals surface area contributed by atoms with Gasteiger partial charge < -0.3 is 4.74 Å². The van der Waals surface area contributed by atoms with Gasteiger partial charge in [0.25, 0.3) is 0 Å². The number of rotatable bonds is 4. The molecule has 1 rings (SSSR count). The van der Waals surface area contributed by atoms with Gasteiger partial charge in [-0.25, -0.2) is 4.79 Å². The lowest BCUT2D eigenvalue weighted by atomic mass is 10.1. The molecule has 0 radical (unpaired) electrons. The van der Waals surface area contributed by atoms with Gasteiger partial charge in [0.05, 0.1) is 12.2 Å². The molecule has 0 aromatic heterocycles. The lowest BCUT2D eigenvalue weighted by Gasteiger charge is -2.03. The molecule has 0 N–H and O–H groups in total. The van der Waals surface area contributed by atoms with Gasteiger partial charge in [-0.05, 0) is 25.5 Å². The SMILES string of the molecule is Cc1ccc(C(=O)OCCCI)cc1. The van der Waals surface area contributed by atoms with Crippen molar-refractivity contribution >= 4 is 28.6 Å². The normalized spacial score (nSPS) is 9.86. The number of carbonyl (C=O) groups excluding carboxylic acids is 1. The van der Waals surface area contributed by atoms with Crippen molar-refractivity contribution < 1.29 is 9.53 Å². The second-order valence-electron chi connectivity index (χ2n) is 3.04. The van der Waals surface area contributed by atoms with E-state index in [9.17, 15) is 4.79 Å². The highest BCUT2D eigenvalue weighted by atomic mass is 127. The summed E-state index contributed by atoms with van der Waals surface area (Å²) in [6.07, 6.45) is 0.915. The monoisotopic (exact) mass is 304 g/mol. The van der Waals surface area contributed by atoms with Gasteiger partial charge >= 0.3 is 5.97 Å². The molecular formula is C11H13IO2. The molecule has 1 aromatic rings. The Bertz CT molecular complexity index is 293. The number of aryl methyl sites for hydroxylation is 1. The second kappa shape index (κ2) is 6.01. The number of carbonyl (C=O) groups is 1. The molecule has 1 aromatic carbocycles. The number of alkyl halides is 1. The molecule has 76 valence electrons. The predicted molar refractivity (Wildman–Crippen MR) is 65.0 cm³/mol. The number of benzene rings is 1. The van der Waals surface area contributed by atoms with Crippen molar-refractivity contribution in [3.05, 3.63) is 35.4 Å². The van der Waals surface area contributed by atoms with E-state index in [0.717, 1.165) is 16.4 Å². The molecular weight excluding hydrogens is 291 g/mol. The van der Waals surface area contributed by atoms with E-state index >= 15 is 0 Å². The fourth-order valence-electron chi connectivity index (χ4n) is 0.992. The summed E-state index contributed by atoms with van der Waals surface area (Å²) in [5, 5.41) is 0. The molecule has 0 atom stereocenters. The van der Waals surface area contributed by atoms with E-state index in [2.05, 4.69) is 22.6 Å². The van der Waals surface area contributed by atoms with Crippen molar-refractivity contribution in [2.45, 2.75) is 13.3 Å². The quantitative estimate of drug-likeness (QED) is 0.370. The van der Waals surface area contributed by atoms with Crippen LogP contribution in [0.4, 0.5) is 0 Å². The second-order valence-corrected chi connectivity index (χ2v) is 4.12. The number of hydrogen-bond acceptors (Lipinski definition) is 2. The molecule has 0 aliphatic rings. The molecule has 0 amide bonds. The third-order valence-electron chi connectivity index (χ3n) is 1.80. The third kappa shape index (κ3) is 3.65. The number of ether oxygens (including phenoxy) is 1. The maximum Gasteiger partial charge on any atom is 0.338 e. The Morgan fingerprint density at radius 3 is 2.57 bits per heavy atom. The highest BCUT2D eigenvalue weighted by Gasteiger charge is 2.05. The van der Waals surface area contributed by atoms with E-state index in [1.165, 1.54) is 0 Å². The van der Waals surface area contributed by atoms with E-state index in [1.807, 2.05) is 19.1 Å². The standard InChI is InChI=1S/C11H13IO2/c1-9-3-5-10(6-4-9)11(13)14-8-2-7-12/h3-6H,2,7-8H2,1H3. The zero-order valence-corrected chi connectivity index (χ0v) is 10.3. The molecule has 0 heterocycles. The van der Waals surface area contributed by atoms with Crippen molar-refractivity contribution in [2.24, 2.45) is 0 Å². The topological polar surface area (TPSA) is 26.3 Å². The highest BCUT2D eigenvalue weighted by Crippen LogP contribution is 2.05. The minimum atomic E-state index is -0.227. The van der Waals surface area contributed by atoms with Gasteiger partial charge in [0, 0.05) is 4.43 Å². The van der Waals surface area contributed by atoms with Crippen LogP contribution in [0.2, 0.25) is 0 Å². The summed E-state index contributed by atoms with van der Waals surface area (Å²) in [6, 6.07) is 7.41. The van der Waals surface area contributed by atoms with Gasteiger partial charge in [0.15, 0.2) is 0 Å². The molecule has 0 saturated heterocycles. The van der Waals surface area contributed by atoms with Crippen LogP contribution in [-0.4, -0.2) is 17.0 Å². The first-order valence-corrected chi connectivity index (χ1v) is 6.06. The molecule has 0 aliphatic heterocycles. The van der Waals surface area contributed by atoms with Gasteiger partial charge in [-0.1, -0.05) is 40.3 Å². The number of hydrogen-bond donors (Lipinski definition) is 0. The average Bonchev–Trinajstić information content (AvgIpc) is 2.19. The van der Waals surface area contributed by atoms with E-state index < -0.39 is 0 Å². The predicted octanol–water partition coefficient (Wildman–Crippen LogP) is 2.98. The first-order valence-electron chi connectivity index (χ1n) is 4.54. The fraction of sp³-hybridized carbons (Fsp3) is 0.364. The summed E-state index contributed by atoms with van der Waals surface area (Å²) >= 11 is 2.26. The van der Waals surface area contributed by atoms with Crippen LogP contribution in [0.15, 0.2) is 24.3 Å². The lowest BCUT2D eigenvalue weighted by molar-refractivity contribution is 0.0507. The van der Waals surface area contributed by atoms with Crippen LogP contribution >= 0.6 is 22.6 Å². The molecule has 2 nitrogen and oxygen atoms in total. The summed E-state index contributed by atoms with van der Waals surface area (Å²) in [6.45, 7) is 2.50. The summed E-state index contributed by atoms with van der Waals surface area (Å²) in [5.41, 5.74) is 1.78. The van der Waals surface area contributed by atoms with E-state index in [-0.39, 0.29) is 5.97 Å². The van der Waals surface area contributed by atoms with Crippen LogP contribution in [0.3, 0.4) is 0 Å². The van der Waals surface area contributed by atoms with Crippen LogP contribution in [0.1, 0.15) is 22.3 Å². The Morgan fingerprint density at radius 1 is 1.36 bits per heavy atom. The van der Waals surface area contributed by atoms with E-state index in [4.69, 9.17) is 4.74 Å². The molecule has 0 fully saturated rings. The van der Waals surface area contributed by atoms with Crippen LogP contribution in [0, 0.1) is 6.92 Å². The molecule has 3 heteroatoms. The van der Waals surface area contributed by atoms with Crippen LogP contribution in [0.25, 0.3) is 0 Å². The zero-order chi connectivity index (χ0) is 10.4. The Kier molecular flexibility index (Phi) is 4.93. The summed E-state index contributed by atoms with van der Waals surface area (Å²) in [7, 11) is 0. The van der Waals surface area contributed by atoms with Crippen LogP contribution in [0.5, 0.6) is 0 Å². The Morgan fingerprint density at radius 2 is 2.00 bits per heavy atom. The van der Waals surface area contributed by atoms with E-state index in [1.54, 1.807) is 12.1 Å². The van der Waals surface area contributed by atoms with Gasteiger partial charge in [0.1, 0.15) is 0 Å². The maximum atomic E-state index is 11.4.